The summed E-state index contributed by atoms with van der Waals surface area (Å²) >= 11 is 1.21. The Morgan fingerprint density at radius 2 is 2.22 bits per heavy atom. The summed E-state index contributed by atoms with van der Waals surface area (Å²) in [5.41, 5.74) is 0. The summed E-state index contributed by atoms with van der Waals surface area (Å²) in [6, 6.07) is 0. The van der Waals surface area contributed by atoms with Crippen molar-refractivity contribution in [1.82, 2.24) is 4.98 Å². The predicted molar refractivity (Wildman–Crippen MR) is 73.3 cm³/mol. The molecule has 0 aromatic carbocycles. The van der Waals surface area contributed by atoms with Gasteiger partial charge in [0.2, 0.25) is 0 Å². The molecule has 0 aliphatic heterocycles. The van der Waals surface area contributed by atoms with Gasteiger partial charge in [0.1, 0.15) is 4.88 Å². The Balaban J connectivity index is 1.70. The van der Waals surface area contributed by atoms with Crippen molar-refractivity contribution in [2.24, 2.45) is 11.8 Å². The number of aromatic carboxylic acids is 1. The van der Waals surface area contributed by atoms with Gasteiger partial charge in [-0.3, -0.25) is 0 Å². The van der Waals surface area contributed by atoms with E-state index in [1.165, 1.54) is 43.2 Å². The topological polar surface area (TPSA) is 62.2 Å². The van der Waals surface area contributed by atoms with Crippen molar-refractivity contribution in [3.63, 3.8) is 0 Å². The van der Waals surface area contributed by atoms with Crippen molar-refractivity contribution in [2.75, 3.05) is 11.9 Å². The first-order valence-corrected chi connectivity index (χ1v) is 7.40. The van der Waals surface area contributed by atoms with Gasteiger partial charge in [-0.15, -0.1) is 0 Å². The minimum atomic E-state index is -0.901. The highest BCUT2D eigenvalue weighted by atomic mass is 32.1. The van der Waals surface area contributed by atoms with E-state index in [9.17, 15) is 4.79 Å². The Kier molecular flexibility index (Phi) is 4.58. The second-order valence-corrected chi connectivity index (χ2v) is 6.21. The highest BCUT2D eigenvalue weighted by molar-refractivity contribution is 7.17. The summed E-state index contributed by atoms with van der Waals surface area (Å²) in [5.74, 6) is 0.820. The zero-order valence-electron chi connectivity index (χ0n) is 10.7. The fourth-order valence-electron chi connectivity index (χ4n) is 2.46. The molecule has 0 unspecified atom stereocenters. The van der Waals surface area contributed by atoms with Crippen molar-refractivity contribution in [2.45, 2.75) is 39.0 Å². The molecule has 1 aliphatic carbocycles. The number of hydrogen-bond acceptors (Lipinski definition) is 4. The second kappa shape index (κ2) is 6.18. The molecular formula is C13H20N2O2S. The van der Waals surface area contributed by atoms with Gasteiger partial charge in [0.25, 0.3) is 0 Å². The number of nitrogens with zero attached hydrogens (tertiary/aromatic N) is 1. The minimum absolute atomic E-state index is 0.295. The third kappa shape index (κ3) is 3.70. The molecule has 100 valence electrons. The Morgan fingerprint density at radius 1 is 1.50 bits per heavy atom. The first-order chi connectivity index (χ1) is 8.65. The van der Waals surface area contributed by atoms with Gasteiger partial charge in [0.15, 0.2) is 5.13 Å². The van der Waals surface area contributed by atoms with Crippen molar-refractivity contribution in [3.8, 4) is 0 Å². The number of carbonyl (C=O) groups is 1. The molecule has 1 aromatic rings. The maximum atomic E-state index is 10.7. The number of rotatable bonds is 5. The van der Waals surface area contributed by atoms with E-state index in [1.807, 2.05) is 0 Å². The number of thiazole rings is 1. The molecule has 1 fully saturated rings. The molecule has 2 rings (SSSR count). The van der Waals surface area contributed by atoms with Crippen molar-refractivity contribution >= 4 is 22.4 Å². The molecule has 1 aliphatic rings. The summed E-state index contributed by atoms with van der Waals surface area (Å²) in [6.45, 7) is 3.23. The lowest BCUT2D eigenvalue weighted by atomic mass is 9.81. The Morgan fingerprint density at radius 3 is 2.83 bits per heavy atom. The van der Waals surface area contributed by atoms with E-state index in [0.29, 0.717) is 4.88 Å². The molecule has 0 saturated heterocycles. The maximum absolute atomic E-state index is 10.7. The molecule has 0 spiro atoms. The van der Waals surface area contributed by atoms with Gasteiger partial charge in [-0.2, -0.15) is 0 Å². The van der Waals surface area contributed by atoms with Crippen molar-refractivity contribution < 1.29 is 9.90 Å². The molecule has 4 nitrogen and oxygen atoms in total. The van der Waals surface area contributed by atoms with Crippen LogP contribution in [0.4, 0.5) is 5.13 Å². The van der Waals surface area contributed by atoms with Gasteiger partial charge in [0.05, 0.1) is 6.20 Å². The van der Waals surface area contributed by atoms with E-state index in [4.69, 9.17) is 5.11 Å². The molecule has 0 atom stereocenters. The number of aromatic nitrogens is 1. The maximum Gasteiger partial charge on any atom is 0.347 e. The molecule has 18 heavy (non-hydrogen) atoms. The summed E-state index contributed by atoms with van der Waals surface area (Å²) in [5, 5.41) is 12.7. The molecular weight excluding hydrogens is 248 g/mol. The average Bonchev–Trinajstić information content (AvgIpc) is 2.81. The van der Waals surface area contributed by atoms with Crippen LogP contribution in [0.3, 0.4) is 0 Å². The van der Waals surface area contributed by atoms with Crippen molar-refractivity contribution in [3.05, 3.63) is 11.1 Å². The minimum Gasteiger partial charge on any atom is -0.477 e. The van der Waals surface area contributed by atoms with Gasteiger partial charge in [-0.05, 0) is 18.3 Å². The zero-order chi connectivity index (χ0) is 13.0. The van der Waals surface area contributed by atoms with Crippen LogP contribution in [0, 0.1) is 11.8 Å². The first-order valence-electron chi connectivity index (χ1n) is 6.58. The Bertz CT molecular complexity index is 397. The average molecular weight is 268 g/mol. The Hall–Kier alpha value is -1.10. The third-order valence-corrected chi connectivity index (χ3v) is 4.62. The van der Waals surface area contributed by atoms with Crippen molar-refractivity contribution in [1.29, 1.82) is 0 Å². The van der Waals surface area contributed by atoms with Crippen LogP contribution in [-0.2, 0) is 0 Å². The summed E-state index contributed by atoms with van der Waals surface area (Å²) in [7, 11) is 0. The third-order valence-electron chi connectivity index (χ3n) is 3.68. The van der Waals surface area contributed by atoms with E-state index >= 15 is 0 Å². The molecule has 0 bridgehead atoms. The standard InChI is InChI=1S/C13H20N2O2S/c1-9-2-4-10(5-3-9)6-7-14-13-15-8-11(18-13)12(16)17/h8-10H,2-7H2,1H3,(H,14,15)(H,16,17). The number of carboxylic acids is 1. The second-order valence-electron chi connectivity index (χ2n) is 5.18. The highest BCUT2D eigenvalue weighted by Crippen LogP contribution is 2.30. The van der Waals surface area contributed by atoms with Crippen LogP contribution in [0.2, 0.25) is 0 Å². The molecule has 1 saturated carbocycles. The van der Waals surface area contributed by atoms with Gasteiger partial charge in [-0.25, -0.2) is 9.78 Å². The van der Waals surface area contributed by atoms with Gasteiger partial charge in [0, 0.05) is 6.54 Å². The fraction of sp³-hybridized carbons (Fsp3) is 0.692. The molecule has 0 amide bonds. The molecule has 1 heterocycles. The highest BCUT2D eigenvalue weighted by Gasteiger charge is 2.17. The van der Waals surface area contributed by atoms with Crippen LogP contribution in [0.25, 0.3) is 0 Å². The normalized spacial score (nSPS) is 23.8. The number of carboxylic acid groups (broad SMARTS) is 1. The lowest BCUT2D eigenvalue weighted by Gasteiger charge is -2.25. The summed E-state index contributed by atoms with van der Waals surface area (Å²) < 4.78 is 0. The van der Waals surface area contributed by atoms with Gasteiger partial charge >= 0.3 is 5.97 Å². The molecule has 0 radical (unpaired) electrons. The summed E-state index contributed by atoms with van der Waals surface area (Å²) in [6.07, 6.45) is 7.95. The fourth-order valence-corrected chi connectivity index (χ4v) is 3.14. The van der Waals surface area contributed by atoms with Crippen LogP contribution in [0.1, 0.15) is 48.7 Å². The number of anilines is 1. The van der Waals surface area contributed by atoms with E-state index in [0.717, 1.165) is 29.9 Å². The predicted octanol–water partition coefficient (Wildman–Crippen LogP) is 3.47. The molecule has 5 heteroatoms. The molecule has 1 aromatic heterocycles. The van der Waals surface area contributed by atoms with Gasteiger partial charge in [-0.1, -0.05) is 43.9 Å². The monoisotopic (exact) mass is 268 g/mol. The Labute approximate surface area is 111 Å². The van der Waals surface area contributed by atoms with Crippen LogP contribution in [0.15, 0.2) is 6.20 Å². The number of hydrogen-bond donors (Lipinski definition) is 2. The largest absolute Gasteiger partial charge is 0.477 e. The van der Waals surface area contributed by atoms with E-state index < -0.39 is 5.97 Å². The van der Waals surface area contributed by atoms with Crippen LogP contribution < -0.4 is 5.32 Å². The van der Waals surface area contributed by atoms with E-state index in [-0.39, 0.29) is 0 Å². The van der Waals surface area contributed by atoms with Gasteiger partial charge < -0.3 is 10.4 Å². The lowest BCUT2D eigenvalue weighted by molar-refractivity contribution is 0.0702. The van der Waals surface area contributed by atoms with Crippen LogP contribution in [-0.4, -0.2) is 22.6 Å². The smallest absolute Gasteiger partial charge is 0.347 e. The first kappa shape index (κ1) is 13.3. The number of nitrogens with one attached hydrogen (secondary N) is 1. The van der Waals surface area contributed by atoms with Crippen LogP contribution >= 0.6 is 11.3 Å². The van der Waals surface area contributed by atoms with Crippen LogP contribution in [0.5, 0.6) is 0 Å². The lowest BCUT2D eigenvalue weighted by Crippen LogP contribution is -2.15. The molecule has 2 N–H and O–H groups in total. The quantitative estimate of drug-likeness (QED) is 0.858. The van der Waals surface area contributed by atoms with E-state index in [2.05, 4.69) is 17.2 Å². The summed E-state index contributed by atoms with van der Waals surface area (Å²) in [4.78, 5) is 15.1. The zero-order valence-corrected chi connectivity index (χ0v) is 11.5. The van der Waals surface area contributed by atoms with E-state index in [1.54, 1.807) is 0 Å². The SMILES string of the molecule is CC1CCC(CCNc2ncc(C(=O)O)s2)CC1.